The summed E-state index contributed by atoms with van der Waals surface area (Å²) in [6, 6.07) is 8.76. The van der Waals surface area contributed by atoms with E-state index < -0.39 is 6.10 Å². The van der Waals surface area contributed by atoms with Gasteiger partial charge >= 0.3 is 0 Å². The first kappa shape index (κ1) is 24.6. The fourth-order valence-corrected chi connectivity index (χ4v) is 4.22. The second-order valence-electron chi connectivity index (χ2n) is 9.41. The van der Waals surface area contributed by atoms with E-state index in [2.05, 4.69) is 61.8 Å². The second-order valence-corrected chi connectivity index (χ2v) is 9.41. The Morgan fingerprint density at radius 2 is 1.69 bits per heavy atom. The predicted molar refractivity (Wildman–Crippen MR) is 130 cm³/mol. The maximum absolute atomic E-state index is 10.3. The van der Waals surface area contributed by atoms with Crippen molar-refractivity contribution in [1.29, 1.82) is 0 Å². The molecule has 6 heteroatoms. The molecule has 0 saturated carbocycles. The number of hydrogen-bond donors (Lipinski definition) is 1. The van der Waals surface area contributed by atoms with E-state index in [9.17, 15) is 5.11 Å². The minimum atomic E-state index is -0.439. The first-order valence-electron chi connectivity index (χ1n) is 12.0. The van der Waals surface area contributed by atoms with Crippen LogP contribution in [0.5, 0.6) is 0 Å². The first-order valence-corrected chi connectivity index (χ1v) is 12.0. The monoisotopic (exact) mass is 440 g/mol. The van der Waals surface area contributed by atoms with Crippen molar-refractivity contribution in [3.05, 3.63) is 52.5 Å². The van der Waals surface area contributed by atoms with E-state index in [-0.39, 0.29) is 0 Å². The van der Waals surface area contributed by atoms with E-state index in [1.807, 2.05) is 6.92 Å². The summed E-state index contributed by atoms with van der Waals surface area (Å²) < 4.78 is 5.60. The van der Waals surface area contributed by atoms with Crippen LogP contribution in [0.25, 0.3) is 0 Å². The maximum atomic E-state index is 10.3. The van der Waals surface area contributed by atoms with Crippen molar-refractivity contribution in [2.24, 2.45) is 5.92 Å². The lowest BCUT2D eigenvalue weighted by atomic mass is 10.0. The van der Waals surface area contributed by atoms with Crippen LogP contribution in [0.4, 0.5) is 5.82 Å². The Hall–Kier alpha value is -2.02. The van der Waals surface area contributed by atoms with E-state index >= 15 is 0 Å². The Morgan fingerprint density at radius 3 is 2.31 bits per heavy atom. The van der Waals surface area contributed by atoms with E-state index in [1.54, 1.807) is 0 Å². The Balaban J connectivity index is 1.66. The van der Waals surface area contributed by atoms with Crippen LogP contribution >= 0.6 is 0 Å². The molecule has 6 nitrogen and oxygen atoms in total. The van der Waals surface area contributed by atoms with Gasteiger partial charge in [0.05, 0.1) is 12.7 Å². The molecule has 1 N–H and O–H groups in total. The number of benzene rings is 1. The van der Waals surface area contributed by atoms with Crippen molar-refractivity contribution in [3.8, 4) is 0 Å². The third-order valence-corrected chi connectivity index (χ3v) is 5.92. The van der Waals surface area contributed by atoms with Gasteiger partial charge in [-0.1, -0.05) is 50.6 Å². The van der Waals surface area contributed by atoms with E-state index in [0.717, 1.165) is 56.4 Å². The smallest absolute Gasteiger partial charge is 0.136 e. The van der Waals surface area contributed by atoms with Gasteiger partial charge in [0.2, 0.25) is 0 Å². The molecular formula is C26H40N4O2. The molecule has 1 fully saturated rings. The van der Waals surface area contributed by atoms with Gasteiger partial charge in [0.1, 0.15) is 11.6 Å². The molecule has 0 bridgehead atoms. The van der Waals surface area contributed by atoms with E-state index in [4.69, 9.17) is 14.7 Å². The Kier molecular flexibility index (Phi) is 9.02. The summed E-state index contributed by atoms with van der Waals surface area (Å²) in [5.41, 5.74) is 4.96. The van der Waals surface area contributed by atoms with E-state index in [0.29, 0.717) is 25.7 Å². The van der Waals surface area contributed by atoms with Gasteiger partial charge in [0.25, 0.3) is 0 Å². The molecule has 0 radical (unpaired) electrons. The normalized spacial score (nSPS) is 16.0. The average Bonchev–Trinajstić information content (AvgIpc) is 2.76. The summed E-state index contributed by atoms with van der Waals surface area (Å²) in [5, 5.41) is 10.3. The number of aliphatic hydroxyl groups excluding tert-OH is 1. The molecule has 2 heterocycles. The molecule has 1 aromatic carbocycles. The number of rotatable bonds is 10. The van der Waals surface area contributed by atoms with Crippen LogP contribution in [0.2, 0.25) is 0 Å². The summed E-state index contributed by atoms with van der Waals surface area (Å²) in [6.07, 6.45) is 1.32. The average molecular weight is 441 g/mol. The Labute approximate surface area is 193 Å². The molecule has 32 heavy (non-hydrogen) atoms. The van der Waals surface area contributed by atoms with Crippen LogP contribution in [-0.4, -0.2) is 72.0 Å². The fraction of sp³-hybridized carbons (Fsp3) is 0.615. The highest BCUT2D eigenvalue weighted by atomic mass is 16.5. The van der Waals surface area contributed by atoms with Crippen LogP contribution in [0.1, 0.15) is 49.0 Å². The minimum Gasteiger partial charge on any atom is -0.389 e. The van der Waals surface area contributed by atoms with Crippen LogP contribution in [0.15, 0.2) is 24.3 Å². The highest BCUT2D eigenvalue weighted by Crippen LogP contribution is 2.26. The fourth-order valence-electron chi connectivity index (χ4n) is 4.22. The molecule has 0 spiro atoms. The standard InChI is InChI=1S/C26H40N4O2/c1-6-25-24(15-22-9-7-20(4)8-10-22)26(28-21(5)27-25)30-13-11-29(12-14-30)16-23(31)18-32-17-19(2)3/h7-10,19,23,31H,6,11-18H2,1-5H3. The first-order chi connectivity index (χ1) is 15.4. The van der Waals surface area contributed by atoms with Crippen LogP contribution in [0.3, 0.4) is 0 Å². The van der Waals surface area contributed by atoms with Gasteiger partial charge in [-0.2, -0.15) is 0 Å². The van der Waals surface area contributed by atoms with Crippen molar-refractivity contribution in [2.45, 2.75) is 53.6 Å². The summed E-state index contributed by atoms with van der Waals surface area (Å²) in [6.45, 7) is 15.9. The van der Waals surface area contributed by atoms with Gasteiger partial charge in [-0.3, -0.25) is 4.90 Å². The van der Waals surface area contributed by atoms with Crippen LogP contribution in [-0.2, 0) is 17.6 Å². The molecule has 1 unspecified atom stereocenters. The van der Waals surface area contributed by atoms with Gasteiger partial charge in [0, 0.05) is 57.0 Å². The quantitative estimate of drug-likeness (QED) is 0.611. The lowest BCUT2D eigenvalue weighted by Crippen LogP contribution is -2.49. The second kappa shape index (κ2) is 11.7. The minimum absolute atomic E-state index is 0.407. The SMILES string of the molecule is CCc1nc(C)nc(N2CCN(CC(O)COCC(C)C)CC2)c1Cc1ccc(C)cc1. The van der Waals surface area contributed by atoms with Crippen molar-refractivity contribution in [3.63, 3.8) is 0 Å². The summed E-state index contributed by atoms with van der Waals surface area (Å²) in [5.74, 6) is 2.41. The molecule has 1 saturated heterocycles. The third-order valence-electron chi connectivity index (χ3n) is 5.92. The number of aryl methyl sites for hydroxylation is 3. The molecular weight excluding hydrogens is 400 g/mol. The molecule has 1 aliphatic rings. The molecule has 176 valence electrons. The van der Waals surface area contributed by atoms with Gasteiger partial charge in [-0.05, 0) is 31.7 Å². The molecule has 1 aliphatic heterocycles. The predicted octanol–water partition coefficient (Wildman–Crippen LogP) is 3.40. The molecule has 0 aliphatic carbocycles. The lowest BCUT2D eigenvalue weighted by Gasteiger charge is -2.37. The Morgan fingerprint density at radius 1 is 1.00 bits per heavy atom. The number of β-amino-alcohol motifs (C(OH)–C–C–N with tert-alkyl or cyclic N) is 1. The number of nitrogens with zero attached hydrogens (tertiary/aromatic N) is 4. The number of ether oxygens (including phenoxy) is 1. The number of aliphatic hydroxyl groups is 1. The van der Waals surface area contributed by atoms with Crippen molar-refractivity contribution in [1.82, 2.24) is 14.9 Å². The van der Waals surface area contributed by atoms with Crippen LogP contribution < -0.4 is 4.90 Å². The largest absolute Gasteiger partial charge is 0.389 e. The molecule has 3 rings (SSSR count). The summed E-state index contributed by atoms with van der Waals surface area (Å²) >= 11 is 0. The number of hydrogen-bond acceptors (Lipinski definition) is 6. The van der Waals surface area contributed by atoms with Crippen LogP contribution in [0, 0.1) is 19.8 Å². The zero-order chi connectivity index (χ0) is 23.1. The number of piperazine rings is 1. The zero-order valence-corrected chi connectivity index (χ0v) is 20.5. The molecule has 1 aromatic heterocycles. The Bertz CT molecular complexity index is 846. The summed E-state index contributed by atoms with van der Waals surface area (Å²) in [4.78, 5) is 14.4. The molecule has 2 aromatic rings. The summed E-state index contributed by atoms with van der Waals surface area (Å²) in [7, 11) is 0. The van der Waals surface area contributed by atoms with Crippen molar-refractivity contribution in [2.75, 3.05) is 50.8 Å². The molecule has 1 atom stereocenters. The highest BCUT2D eigenvalue weighted by Gasteiger charge is 2.24. The van der Waals surface area contributed by atoms with Crippen molar-refractivity contribution < 1.29 is 9.84 Å². The van der Waals surface area contributed by atoms with Gasteiger partial charge in [0.15, 0.2) is 0 Å². The number of aromatic nitrogens is 2. The zero-order valence-electron chi connectivity index (χ0n) is 20.5. The topological polar surface area (TPSA) is 61.7 Å². The van der Waals surface area contributed by atoms with E-state index in [1.165, 1.54) is 16.7 Å². The highest BCUT2D eigenvalue weighted by molar-refractivity contribution is 5.52. The maximum Gasteiger partial charge on any atom is 0.136 e. The number of anilines is 1. The van der Waals surface area contributed by atoms with Gasteiger partial charge in [-0.15, -0.1) is 0 Å². The van der Waals surface area contributed by atoms with Gasteiger partial charge in [-0.25, -0.2) is 9.97 Å². The third kappa shape index (κ3) is 6.99. The molecule has 0 amide bonds. The van der Waals surface area contributed by atoms with Gasteiger partial charge < -0.3 is 14.7 Å². The lowest BCUT2D eigenvalue weighted by molar-refractivity contribution is 0.00745. The van der Waals surface area contributed by atoms with Crippen molar-refractivity contribution >= 4 is 5.82 Å².